The largest absolute Gasteiger partial charge is 0.299 e. The zero-order chi connectivity index (χ0) is 14.7. The van der Waals surface area contributed by atoms with Crippen LogP contribution in [0, 0.1) is 13.8 Å². The van der Waals surface area contributed by atoms with Gasteiger partial charge in [-0.15, -0.1) is 0 Å². The second-order valence-corrected chi connectivity index (χ2v) is 5.49. The molecule has 2 aromatic rings. The quantitative estimate of drug-likeness (QED) is 0.845. The highest BCUT2D eigenvalue weighted by molar-refractivity contribution is 6.32. The van der Waals surface area contributed by atoms with Crippen molar-refractivity contribution in [3.05, 3.63) is 51.8 Å². The summed E-state index contributed by atoms with van der Waals surface area (Å²) in [5.74, 6) is 0.193. The summed E-state index contributed by atoms with van der Waals surface area (Å²) < 4.78 is 1.70. The summed E-state index contributed by atoms with van der Waals surface area (Å²) >= 11 is 6.16. The molecule has 106 valence electrons. The zero-order valence-corrected chi connectivity index (χ0v) is 12.9. The van der Waals surface area contributed by atoms with Crippen molar-refractivity contribution in [2.75, 3.05) is 0 Å². The third-order valence-corrected chi connectivity index (χ3v) is 4.05. The smallest absolute Gasteiger partial charge is 0.139 e. The molecule has 1 aromatic heterocycles. The van der Waals surface area contributed by atoms with Crippen LogP contribution in [0.3, 0.4) is 0 Å². The second kappa shape index (κ2) is 6.23. The van der Waals surface area contributed by atoms with E-state index in [0.29, 0.717) is 17.9 Å². The topological polar surface area (TPSA) is 34.9 Å². The molecule has 0 spiro atoms. The van der Waals surface area contributed by atoms with Crippen LogP contribution in [-0.2, 0) is 24.7 Å². The van der Waals surface area contributed by atoms with Crippen molar-refractivity contribution < 1.29 is 4.79 Å². The lowest BCUT2D eigenvalue weighted by atomic mass is 10.0. The van der Waals surface area contributed by atoms with E-state index >= 15 is 0 Å². The lowest BCUT2D eigenvalue weighted by Gasteiger charge is -2.05. The van der Waals surface area contributed by atoms with E-state index in [1.807, 2.05) is 26.1 Å². The molecule has 0 atom stereocenters. The molecule has 0 N–H and O–H groups in total. The van der Waals surface area contributed by atoms with Gasteiger partial charge < -0.3 is 0 Å². The number of halogens is 1. The van der Waals surface area contributed by atoms with Gasteiger partial charge in [0, 0.05) is 19.9 Å². The summed E-state index contributed by atoms with van der Waals surface area (Å²) in [4.78, 5) is 12.1. The molecular formula is C16H19ClN2O. The molecule has 1 heterocycles. The Kier molecular flexibility index (Phi) is 4.61. The first-order valence-corrected chi connectivity index (χ1v) is 7.11. The van der Waals surface area contributed by atoms with Gasteiger partial charge in [-0.05, 0) is 31.4 Å². The Morgan fingerprint density at radius 1 is 1.30 bits per heavy atom. The Hall–Kier alpha value is -1.61. The van der Waals surface area contributed by atoms with E-state index in [-0.39, 0.29) is 5.78 Å². The lowest BCUT2D eigenvalue weighted by molar-refractivity contribution is -0.118. The first-order chi connectivity index (χ1) is 9.49. The summed E-state index contributed by atoms with van der Waals surface area (Å²) in [5, 5.41) is 4.84. The van der Waals surface area contributed by atoms with Crippen LogP contribution >= 0.6 is 11.6 Å². The Labute approximate surface area is 124 Å². The number of aromatic nitrogens is 2. The van der Waals surface area contributed by atoms with Crippen LogP contribution in [0.4, 0.5) is 0 Å². The first-order valence-electron chi connectivity index (χ1n) is 6.73. The van der Waals surface area contributed by atoms with E-state index in [2.05, 4.69) is 24.2 Å². The van der Waals surface area contributed by atoms with Crippen LogP contribution in [0.25, 0.3) is 0 Å². The van der Waals surface area contributed by atoms with Gasteiger partial charge in [0.25, 0.3) is 0 Å². The summed E-state index contributed by atoms with van der Waals surface area (Å²) in [6.45, 7) is 3.92. The fraction of sp³-hybridized carbons (Fsp3) is 0.375. The second-order valence-electron chi connectivity index (χ2n) is 5.11. The highest BCUT2D eigenvalue weighted by atomic mass is 35.5. The number of rotatable bonds is 5. The predicted octanol–water partition coefficient (Wildman–Crippen LogP) is 3.43. The fourth-order valence-corrected chi connectivity index (χ4v) is 2.54. The fourth-order valence-electron chi connectivity index (χ4n) is 2.31. The number of carbonyl (C=O) groups is 1. The third kappa shape index (κ3) is 3.28. The van der Waals surface area contributed by atoms with Gasteiger partial charge in [-0.2, -0.15) is 5.10 Å². The van der Waals surface area contributed by atoms with Gasteiger partial charge in [-0.1, -0.05) is 35.9 Å². The molecule has 0 saturated carbocycles. The maximum Gasteiger partial charge on any atom is 0.139 e. The van der Waals surface area contributed by atoms with Crippen molar-refractivity contribution in [3.63, 3.8) is 0 Å². The van der Waals surface area contributed by atoms with Crippen LogP contribution in [0.5, 0.6) is 0 Å². The zero-order valence-electron chi connectivity index (χ0n) is 12.1. The summed E-state index contributed by atoms with van der Waals surface area (Å²) in [6, 6.07) is 8.16. The molecule has 0 unspecified atom stereocenters. The number of benzene rings is 1. The van der Waals surface area contributed by atoms with E-state index in [4.69, 9.17) is 11.6 Å². The van der Waals surface area contributed by atoms with Crippen LogP contribution in [0.15, 0.2) is 24.3 Å². The van der Waals surface area contributed by atoms with E-state index in [1.54, 1.807) is 4.68 Å². The number of Topliss-reactive ketones (excluding diaryl/α,β-unsaturated/α-hetero) is 1. The Morgan fingerprint density at radius 2 is 2.00 bits per heavy atom. The monoisotopic (exact) mass is 290 g/mol. The molecule has 1 aromatic carbocycles. The van der Waals surface area contributed by atoms with Crippen molar-refractivity contribution in [1.82, 2.24) is 9.78 Å². The van der Waals surface area contributed by atoms with Gasteiger partial charge in [0.1, 0.15) is 5.78 Å². The molecule has 2 rings (SSSR count). The standard InChI is InChI=1S/C16H19ClN2O/c1-11-6-4-5-7-13(11)8-9-14(20)10-15-16(17)12(2)18-19(15)3/h4-7H,8-10H2,1-3H3. The van der Waals surface area contributed by atoms with Crippen molar-refractivity contribution >= 4 is 17.4 Å². The number of nitrogens with zero attached hydrogens (tertiary/aromatic N) is 2. The van der Waals surface area contributed by atoms with Gasteiger partial charge in [-0.3, -0.25) is 9.48 Å². The van der Waals surface area contributed by atoms with Crippen molar-refractivity contribution in [1.29, 1.82) is 0 Å². The van der Waals surface area contributed by atoms with E-state index in [0.717, 1.165) is 17.8 Å². The Morgan fingerprint density at radius 3 is 2.60 bits per heavy atom. The minimum absolute atomic E-state index is 0.193. The van der Waals surface area contributed by atoms with E-state index < -0.39 is 0 Å². The maximum atomic E-state index is 12.1. The van der Waals surface area contributed by atoms with Crippen LogP contribution in [0.2, 0.25) is 5.02 Å². The van der Waals surface area contributed by atoms with Gasteiger partial charge in [0.2, 0.25) is 0 Å². The maximum absolute atomic E-state index is 12.1. The summed E-state index contributed by atoms with van der Waals surface area (Å²) in [5.41, 5.74) is 4.04. The van der Waals surface area contributed by atoms with Crippen molar-refractivity contribution in [2.24, 2.45) is 7.05 Å². The number of ketones is 1. The minimum Gasteiger partial charge on any atom is -0.299 e. The molecule has 0 aliphatic heterocycles. The average molecular weight is 291 g/mol. The molecule has 3 nitrogen and oxygen atoms in total. The van der Waals surface area contributed by atoms with Gasteiger partial charge in [-0.25, -0.2) is 0 Å². The Balaban J connectivity index is 1.98. The van der Waals surface area contributed by atoms with Crippen LogP contribution in [-0.4, -0.2) is 15.6 Å². The van der Waals surface area contributed by atoms with Crippen LogP contribution in [0.1, 0.15) is 28.9 Å². The first kappa shape index (κ1) is 14.8. The molecule has 4 heteroatoms. The molecule has 0 radical (unpaired) electrons. The average Bonchev–Trinajstić information content (AvgIpc) is 2.64. The third-order valence-electron chi connectivity index (χ3n) is 3.56. The molecular weight excluding hydrogens is 272 g/mol. The van der Waals surface area contributed by atoms with Gasteiger partial charge in [0.05, 0.1) is 16.4 Å². The van der Waals surface area contributed by atoms with E-state index in [1.165, 1.54) is 11.1 Å². The summed E-state index contributed by atoms with van der Waals surface area (Å²) in [6.07, 6.45) is 1.66. The minimum atomic E-state index is 0.193. The molecule has 0 aliphatic carbocycles. The normalized spacial score (nSPS) is 10.8. The van der Waals surface area contributed by atoms with Crippen LogP contribution < -0.4 is 0 Å². The van der Waals surface area contributed by atoms with E-state index in [9.17, 15) is 4.79 Å². The lowest BCUT2D eigenvalue weighted by Crippen LogP contribution is -2.09. The number of hydrogen-bond donors (Lipinski definition) is 0. The number of aryl methyl sites for hydroxylation is 4. The molecule has 0 amide bonds. The number of carbonyl (C=O) groups excluding carboxylic acids is 1. The molecule has 0 aliphatic rings. The highest BCUT2D eigenvalue weighted by Gasteiger charge is 2.14. The number of hydrogen-bond acceptors (Lipinski definition) is 2. The molecule has 20 heavy (non-hydrogen) atoms. The SMILES string of the molecule is Cc1ccccc1CCC(=O)Cc1c(Cl)c(C)nn1C. The van der Waals surface area contributed by atoms with Crippen molar-refractivity contribution in [2.45, 2.75) is 33.1 Å². The summed E-state index contributed by atoms with van der Waals surface area (Å²) in [7, 11) is 1.82. The highest BCUT2D eigenvalue weighted by Crippen LogP contribution is 2.20. The van der Waals surface area contributed by atoms with Gasteiger partial charge in [0.15, 0.2) is 0 Å². The van der Waals surface area contributed by atoms with Crippen molar-refractivity contribution in [3.8, 4) is 0 Å². The Bertz CT molecular complexity index is 631. The van der Waals surface area contributed by atoms with Gasteiger partial charge >= 0.3 is 0 Å². The predicted molar refractivity (Wildman–Crippen MR) is 81.2 cm³/mol. The molecule has 0 fully saturated rings. The molecule has 0 bridgehead atoms. The molecule has 0 saturated heterocycles.